The molecule has 2 aliphatic rings. The molecule has 3 heterocycles. The van der Waals surface area contributed by atoms with Crippen LogP contribution < -0.4 is 4.90 Å². The highest BCUT2D eigenvalue weighted by molar-refractivity contribution is 5.81. The van der Waals surface area contributed by atoms with Crippen LogP contribution in [0.3, 0.4) is 0 Å². The molecule has 7 heteroatoms. The van der Waals surface area contributed by atoms with Crippen molar-refractivity contribution in [3.63, 3.8) is 0 Å². The molecular weight excluding hydrogens is 268 g/mol. The SMILES string of the molecule is Cc1nnc2ccc(N3CC(N(C)C(=O)C4CC4)C3)nn12. The minimum Gasteiger partial charge on any atom is -0.351 e. The molecule has 0 N–H and O–H groups in total. The second kappa shape index (κ2) is 4.41. The van der Waals surface area contributed by atoms with Crippen molar-refractivity contribution in [2.45, 2.75) is 25.8 Å². The molecule has 1 aliphatic carbocycles. The number of nitrogens with zero attached hydrogens (tertiary/aromatic N) is 6. The second-order valence-corrected chi connectivity index (χ2v) is 5.99. The Labute approximate surface area is 122 Å². The molecule has 1 saturated carbocycles. The maximum atomic E-state index is 12.0. The minimum atomic E-state index is 0.290. The maximum Gasteiger partial charge on any atom is 0.225 e. The van der Waals surface area contributed by atoms with Gasteiger partial charge in [-0.05, 0) is 31.9 Å². The smallest absolute Gasteiger partial charge is 0.225 e. The number of carbonyl (C=O) groups excluding carboxylic acids is 1. The van der Waals surface area contributed by atoms with E-state index >= 15 is 0 Å². The highest BCUT2D eigenvalue weighted by Gasteiger charge is 2.39. The quantitative estimate of drug-likeness (QED) is 0.821. The number of amides is 1. The Morgan fingerprint density at radius 2 is 2.05 bits per heavy atom. The fourth-order valence-corrected chi connectivity index (χ4v) is 2.74. The second-order valence-electron chi connectivity index (χ2n) is 5.99. The van der Waals surface area contributed by atoms with Crippen LogP contribution in [-0.4, -0.2) is 56.8 Å². The van der Waals surface area contributed by atoms with Gasteiger partial charge >= 0.3 is 0 Å². The zero-order chi connectivity index (χ0) is 14.6. The predicted molar refractivity (Wildman–Crippen MR) is 77.0 cm³/mol. The minimum absolute atomic E-state index is 0.290. The van der Waals surface area contributed by atoms with Crippen molar-refractivity contribution in [2.75, 3.05) is 25.0 Å². The standard InChI is InChI=1S/C14H18N6O/c1-9-15-16-12-5-6-13(17-20(9)12)19-7-11(8-19)18(2)14(21)10-3-4-10/h5-6,10-11H,3-4,7-8H2,1-2H3. The zero-order valence-electron chi connectivity index (χ0n) is 12.2. The number of hydrogen-bond acceptors (Lipinski definition) is 5. The van der Waals surface area contributed by atoms with Crippen molar-refractivity contribution in [2.24, 2.45) is 5.92 Å². The molecule has 110 valence electrons. The van der Waals surface area contributed by atoms with E-state index in [0.29, 0.717) is 11.9 Å². The van der Waals surface area contributed by atoms with Crippen LogP contribution in [0.5, 0.6) is 0 Å². The van der Waals surface area contributed by atoms with Crippen LogP contribution in [0.25, 0.3) is 5.65 Å². The molecule has 0 atom stereocenters. The molecular formula is C14H18N6O. The Morgan fingerprint density at radius 3 is 2.76 bits per heavy atom. The van der Waals surface area contributed by atoms with Gasteiger partial charge in [-0.2, -0.15) is 4.52 Å². The van der Waals surface area contributed by atoms with Gasteiger partial charge in [0.15, 0.2) is 11.5 Å². The highest BCUT2D eigenvalue weighted by atomic mass is 16.2. The first-order valence-corrected chi connectivity index (χ1v) is 7.34. The molecule has 4 rings (SSSR count). The summed E-state index contributed by atoms with van der Waals surface area (Å²) >= 11 is 0. The summed E-state index contributed by atoms with van der Waals surface area (Å²) in [5, 5.41) is 12.6. The number of rotatable bonds is 3. The summed E-state index contributed by atoms with van der Waals surface area (Å²) in [5.74, 6) is 2.29. The van der Waals surface area contributed by atoms with Gasteiger partial charge in [0.1, 0.15) is 5.82 Å². The van der Waals surface area contributed by atoms with Crippen LogP contribution in [-0.2, 0) is 4.79 Å². The van der Waals surface area contributed by atoms with Crippen LogP contribution >= 0.6 is 0 Å². The molecule has 1 amide bonds. The van der Waals surface area contributed by atoms with E-state index in [4.69, 9.17) is 0 Å². The molecule has 7 nitrogen and oxygen atoms in total. The van der Waals surface area contributed by atoms with Crippen molar-refractivity contribution >= 4 is 17.4 Å². The number of aryl methyl sites for hydroxylation is 1. The molecule has 0 bridgehead atoms. The summed E-state index contributed by atoms with van der Waals surface area (Å²) in [6.45, 7) is 3.57. The maximum absolute atomic E-state index is 12.0. The monoisotopic (exact) mass is 286 g/mol. The Morgan fingerprint density at radius 1 is 1.29 bits per heavy atom. The van der Waals surface area contributed by atoms with Gasteiger partial charge in [-0.25, -0.2) is 0 Å². The average molecular weight is 286 g/mol. The van der Waals surface area contributed by atoms with Crippen molar-refractivity contribution in [3.8, 4) is 0 Å². The molecule has 2 aromatic heterocycles. The van der Waals surface area contributed by atoms with Crippen LogP contribution in [0.2, 0.25) is 0 Å². The van der Waals surface area contributed by atoms with Gasteiger partial charge in [0.25, 0.3) is 0 Å². The van der Waals surface area contributed by atoms with E-state index in [0.717, 1.165) is 43.2 Å². The first-order chi connectivity index (χ1) is 10.1. The van der Waals surface area contributed by atoms with Crippen LogP contribution in [0.15, 0.2) is 12.1 Å². The van der Waals surface area contributed by atoms with E-state index in [1.165, 1.54) is 0 Å². The van der Waals surface area contributed by atoms with E-state index in [9.17, 15) is 4.79 Å². The number of anilines is 1. The number of fused-ring (bicyclic) bond motifs is 1. The molecule has 2 fully saturated rings. The predicted octanol–water partition coefficient (Wildman–Crippen LogP) is 0.490. The molecule has 2 aromatic rings. The van der Waals surface area contributed by atoms with E-state index in [2.05, 4.69) is 20.2 Å². The van der Waals surface area contributed by atoms with Gasteiger partial charge < -0.3 is 9.80 Å². The summed E-state index contributed by atoms with van der Waals surface area (Å²) in [5.41, 5.74) is 0.759. The fourth-order valence-electron chi connectivity index (χ4n) is 2.74. The lowest BCUT2D eigenvalue weighted by Crippen LogP contribution is -2.60. The number of carbonyl (C=O) groups is 1. The van der Waals surface area contributed by atoms with Crippen molar-refractivity contribution in [3.05, 3.63) is 18.0 Å². The molecule has 21 heavy (non-hydrogen) atoms. The third kappa shape index (κ3) is 2.03. The largest absolute Gasteiger partial charge is 0.351 e. The highest BCUT2D eigenvalue weighted by Crippen LogP contribution is 2.32. The normalized spacial score (nSPS) is 18.9. The summed E-state index contributed by atoms with van der Waals surface area (Å²) in [7, 11) is 1.92. The third-order valence-electron chi connectivity index (χ3n) is 4.41. The van der Waals surface area contributed by atoms with Gasteiger partial charge in [0.2, 0.25) is 5.91 Å². The van der Waals surface area contributed by atoms with Gasteiger partial charge in [-0.1, -0.05) is 0 Å². The summed E-state index contributed by atoms with van der Waals surface area (Å²) in [6, 6.07) is 4.19. The van der Waals surface area contributed by atoms with E-state index in [-0.39, 0.29) is 5.92 Å². The topological polar surface area (TPSA) is 66.6 Å². The van der Waals surface area contributed by atoms with Gasteiger partial charge in [0, 0.05) is 26.1 Å². The van der Waals surface area contributed by atoms with Crippen molar-refractivity contribution in [1.29, 1.82) is 0 Å². The van der Waals surface area contributed by atoms with E-state index in [1.807, 2.05) is 31.0 Å². The Hall–Kier alpha value is -2.18. The molecule has 1 aliphatic heterocycles. The molecule has 0 radical (unpaired) electrons. The summed E-state index contributed by atoms with van der Waals surface area (Å²) < 4.78 is 1.75. The number of likely N-dealkylation sites (N-methyl/N-ethyl adjacent to an activating group) is 1. The lowest BCUT2D eigenvalue weighted by atomic mass is 10.1. The molecule has 0 aromatic carbocycles. The first-order valence-electron chi connectivity index (χ1n) is 7.34. The Bertz CT molecular complexity index is 701. The van der Waals surface area contributed by atoms with Crippen LogP contribution in [0.1, 0.15) is 18.7 Å². The summed E-state index contributed by atoms with van der Waals surface area (Å²) in [4.78, 5) is 16.1. The Balaban J connectivity index is 1.46. The molecule has 0 spiro atoms. The van der Waals surface area contributed by atoms with Gasteiger partial charge in [-0.15, -0.1) is 15.3 Å². The van der Waals surface area contributed by atoms with Crippen LogP contribution in [0.4, 0.5) is 5.82 Å². The summed E-state index contributed by atoms with van der Waals surface area (Å²) in [6.07, 6.45) is 2.12. The first kappa shape index (κ1) is 12.6. The molecule has 0 unspecified atom stereocenters. The fraction of sp³-hybridized carbons (Fsp3) is 0.571. The van der Waals surface area contributed by atoms with E-state index in [1.54, 1.807) is 4.52 Å². The zero-order valence-corrected chi connectivity index (χ0v) is 12.2. The Kier molecular flexibility index (Phi) is 2.63. The lowest BCUT2D eigenvalue weighted by molar-refractivity contribution is -0.133. The average Bonchev–Trinajstić information content (AvgIpc) is 3.22. The van der Waals surface area contributed by atoms with Gasteiger partial charge in [-0.3, -0.25) is 4.79 Å². The van der Waals surface area contributed by atoms with Crippen molar-refractivity contribution in [1.82, 2.24) is 24.7 Å². The van der Waals surface area contributed by atoms with E-state index < -0.39 is 0 Å². The number of hydrogen-bond donors (Lipinski definition) is 0. The lowest BCUT2D eigenvalue weighted by Gasteiger charge is -2.44. The third-order valence-corrected chi connectivity index (χ3v) is 4.41. The number of aromatic nitrogens is 4. The van der Waals surface area contributed by atoms with Crippen molar-refractivity contribution < 1.29 is 4.79 Å². The van der Waals surface area contributed by atoms with Gasteiger partial charge in [0.05, 0.1) is 6.04 Å². The van der Waals surface area contributed by atoms with Crippen LogP contribution in [0, 0.1) is 12.8 Å². The molecule has 1 saturated heterocycles.